The minimum Gasteiger partial charge on any atom is -0.497 e. The Morgan fingerprint density at radius 2 is 2.33 bits per heavy atom. The third-order valence-corrected chi connectivity index (χ3v) is 3.24. The first-order valence-corrected chi connectivity index (χ1v) is 5.77. The Hall–Kier alpha value is -1.18. The van der Waals surface area contributed by atoms with Crippen molar-refractivity contribution in [1.29, 1.82) is 0 Å². The summed E-state index contributed by atoms with van der Waals surface area (Å²) in [6.45, 7) is 3.35. The summed E-state index contributed by atoms with van der Waals surface area (Å²) in [6.07, 6.45) is 3.78. The predicted octanol–water partition coefficient (Wildman–Crippen LogP) is 3.39. The number of anilines is 1. The standard InChI is InChI=1S/C13H19NO/c1-3-10-5-4-8-14-13-9-11(15-2)6-7-12(10)13/h6-7,9-10,14H,3-5,8H2,1-2H3. The molecule has 0 radical (unpaired) electrons. The molecule has 82 valence electrons. The monoisotopic (exact) mass is 205 g/mol. The summed E-state index contributed by atoms with van der Waals surface area (Å²) in [6, 6.07) is 6.39. The maximum absolute atomic E-state index is 5.25. The van der Waals surface area contributed by atoms with Crippen molar-refractivity contribution in [2.45, 2.75) is 32.1 Å². The van der Waals surface area contributed by atoms with Crippen molar-refractivity contribution >= 4 is 5.69 Å². The SMILES string of the molecule is CCC1CCCNc2cc(OC)ccc21. The summed E-state index contributed by atoms with van der Waals surface area (Å²) >= 11 is 0. The van der Waals surface area contributed by atoms with E-state index in [0.29, 0.717) is 5.92 Å². The smallest absolute Gasteiger partial charge is 0.120 e. The molecular formula is C13H19NO. The molecule has 0 fully saturated rings. The molecule has 1 aromatic rings. The van der Waals surface area contributed by atoms with Crippen LogP contribution in [0.25, 0.3) is 0 Å². The molecular weight excluding hydrogens is 186 g/mol. The first-order valence-electron chi connectivity index (χ1n) is 5.77. The lowest BCUT2D eigenvalue weighted by molar-refractivity contribution is 0.414. The van der Waals surface area contributed by atoms with Gasteiger partial charge in [0.1, 0.15) is 5.75 Å². The molecule has 0 saturated heterocycles. The largest absolute Gasteiger partial charge is 0.497 e. The molecule has 0 bridgehead atoms. The molecule has 1 aliphatic heterocycles. The topological polar surface area (TPSA) is 21.3 Å². The molecule has 1 aliphatic rings. The van der Waals surface area contributed by atoms with Crippen molar-refractivity contribution in [3.63, 3.8) is 0 Å². The van der Waals surface area contributed by atoms with Gasteiger partial charge in [-0.2, -0.15) is 0 Å². The predicted molar refractivity (Wildman–Crippen MR) is 63.7 cm³/mol. The molecule has 0 spiro atoms. The zero-order valence-electron chi connectivity index (χ0n) is 9.55. The third-order valence-electron chi connectivity index (χ3n) is 3.24. The highest BCUT2D eigenvalue weighted by Crippen LogP contribution is 2.35. The molecule has 0 amide bonds. The van der Waals surface area contributed by atoms with Crippen LogP contribution in [0.2, 0.25) is 0 Å². The summed E-state index contributed by atoms with van der Waals surface area (Å²) in [4.78, 5) is 0. The highest BCUT2D eigenvalue weighted by atomic mass is 16.5. The van der Waals surface area contributed by atoms with Crippen molar-refractivity contribution in [3.05, 3.63) is 23.8 Å². The van der Waals surface area contributed by atoms with Crippen LogP contribution in [0.1, 0.15) is 37.7 Å². The van der Waals surface area contributed by atoms with Crippen molar-refractivity contribution in [2.24, 2.45) is 0 Å². The van der Waals surface area contributed by atoms with E-state index in [0.717, 1.165) is 12.3 Å². The molecule has 1 N–H and O–H groups in total. The molecule has 1 unspecified atom stereocenters. The number of rotatable bonds is 2. The summed E-state index contributed by atoms with van der Waals surface area (Å²) in [5.41, 5.74) is 2.72. The third kappa shape index (κ3) is 2.09. The minimum atomic E-state index is 0.709. The Bertz CT molecular complexity index is 335. The second-order valence-corrected chi connectivity index (χ2v) is 4.13. The van der Waals surface area contributed by atoms with E-state index >= 15 is 0 Å². The molecule has 1 atom stereocenters. The van der Waals surface area contributed by atoms with E-state index < -0.39 is 0 Å². The lowest BCUT2D eigenvalue weighted by atomic mass is 9.92. The van der Waals surface area contributed by atoms with Gasteiger partial charge in [0.05, 0.1) is 7.11 Å². The molecule has 0 aromatic heterocycles. The van der Waals surface area contributed by atoms with E-state index in [1.807, 2.05) is 0 Å². The quantitative estimate of drug-likeness (QED) is 0.799. The molecule has 0 aliphatic carbocycles. The van der Waals surface area contributed by atoms with Gasteiger partial charge in [-0.05, 0) is 36.8 Å². The highest BCUT2D eigenvalue weighted by molar-refractivity contribution is 5.57. The molecule has 0 saturated carbocycles. The Morgan fingerprint density at radius 1 is 1.47 bits per heavy atom. The van der Waals surface area contributed by atoms with Gasteiger partial charge in [-0.15, -0.1) is 0 Å². The molecule has 1 heterocycles. The van der Waals surface area contributed by atoms with Gasteiger partial charge in [-0.25, -0.2) is 0 Å². The van der Waals surface area contributed by atoms with Crippen molar-refractivity contribution < 1.29 is 4.74 Å². The van der Waals surface area contributed by atoms with Crippen molar-refractivity contribution in [1.82, 2.24) is 0 Å². The van der Waals surface area contributed by atoms with Gasteiger partial charge < -0.3 is 10.1 Å². The second-order valence-electron chi connectivity index (χ2n) is 4.13. The van der Waals surface area contributed by atoms with Crippen LogP contribution in [-0.2, 0) is 0 Å². The molecule has 2 nitrogen and oxygen atoms in total. The fourth-order valence-corrected chi connectivity index (χ4v) is 2.32. The zero-order chi connectivity index (χ0) is 10.7. The summed E-state index contributed by atoms with van der Waals surface area (Å²) in [5.74, 6) is 1.65. The van der Waals surface area contributed by atoms with Crippen LogP contribution in [-0.4, -0.2) is 13.7 Å². The van der Waals surface area contributed by atoms with Crippen LogP contribution in [0.4, 0.5) is 5.69 Å². The van der Waals surface area contributed by atoms with E-state index in [2.05, 4.69) is 30.4 Å². The van der Waals surface area contributed by atoms with Crippen LogP contribution in [0.15, 0.2) is 18.2 Å². The maximum Gasteiger partial charge on any atom is 0.120 e. The van der Waals surface area contributed by atoms with Gasteiger partial charge in [0, 0.05) is 18.3 Å². The number of ether oxygens (including phenoxy) is 1. The summed E-state index contributed by atoms with van der Waals surface area (Å²) in [5, 5.41) is 3.48. The Morgan fingerprint density at radius 3 is 3.07 bits per heavy atom. The lowest BCUT2D eigenvalue weighted by Gasteiger charge is -2.16. The van der Waals surface area contributed by atoms with E-state index in [9.17, 15) is 0 Å². The first kappa shape index (κ1) is 10.3. The van der Waals surface area contributed by atoms with Crippen molar-refractivity contribution in [3.8, 4) is 5.75 Å². The van der Waals surface area contributed by atoms with E-state index in [-0.39, 0.29) is 0 Å². The number of hydrogen-bond acceptors (Lipinski definition) is 2. The Balaban J connectivity index is 2.36. The van der Waals surface area contributed by atoms with Crippen LogP contribution in [0.5, 0.6) is 5.75 Å². The van der Waals surface area contributed by atoms with Crippen LogP contribution < -0.4 is 10.1 Å². The number of fused-ring (bicyclic) bond motifs is 1. The van der Waals surface area contributed by atoms with E-state index in [4.69, 9.17) is 4.74 Å². The van der Waals surface area contributed by atoms with Crippen LogP contribution >= 0.6 is 0 Å². The van der Waals surface area contributed by atoms with Gasteiger partial charge in [-0.3, -0.25) is 0 Å². The number of hydrogen-bond donors (Lipinski definition) is 1. The number of methoxy groups -OCH3 is 1. The van der Waals surface area contributed by atoms with Gasteiger partial charge in [-0.1, -0.05) is 13.0 Å². The number of benzene rings is 1. The minimum absolute atomic E-state index is 0.709. The Labute approximate surface area is 91.6 Å². The highest BCUT2D eigenvalue weighted by Gasteiger charge is 2.17. The van der Waals surface area contributed by atoms with Crippen LogP contribution in [0, 0.1) is 0 Å². The zero-order valence-corrected chi connectivity index (χ0v) is 9.55. The summed E-state index contributed by atoms with van der Waals surface area (Å²) < 4.78 is 5.25. The van der Waals surface area contributed by atoms with E-state index in [1.54, 1.807) is 7.11 Å². The van der Waals surface area contributed by atoms with E-state index in [1.165, 1.54) is 30.5 Å². The lowest BCUT2D eigenvalue weighted by Crippen LogP contribution is -2.00. The summed E-state index contributed by atoms with van der Waals surface area (Å²) in [7, 11) is 1.72. The fraction of sp³-hybridized carbons (Fsp3) is 0.538. The molecule has 2 heteroatoms. The van der Waals surface area contributed by atoms with Gasteiger partial charge >= 0.3 is 0 Å². The number of nitrogens with one attached hydrogen (secondary N) is 1. The molecule has 1 aromatic carbocycles. The first-order chi connectivity index (χ1) is 7.35. The fourth-order valence-electron chi connectivity index (χ4n) is 2.32. The van der Waals surface area contributed by atoms with Crippen LogP contribution in [0.3, 0.4) is 0 Å². The maximum atomic E-state index is 5.25. The normalized spacial score (nSPS) is 20.0. The molecule has 15 heavy (non-hydrogen) atoms. The Kier molecular flexibility index (Phi) is 3.14. The van der Waals surface area contributed by atoms with Gasteiger partial charge in [0.15, 0.2) is 0 Å². The molecule has 2 rings (SSSR count). The van der Waals surface area contributed by atoms with Gasteiger partial charge in [0.2, 0.25) is 0 Å². The van der Waals surface area contributed by atoms with Gasteiger partial charge in [0.25, 0.3) is 0 Å². The average Bonchev–Trinajstić information content (AvgIpc) is 2.49. The average molecular weight is 205 g/mol. The van der Waals surface area contributed by atoms with Crippen molar-refractivity contribution in [2.75, 3.05) is 19.0 Å². The second kappa shape index (κ2) is 4.56.